The first-order valence-electron chi connectivity index (χ1n) is 8.45. The van der Waals surface area contributed by atoms with Gasteiger partial charge in [0.1, 0.15) is 0 Å². The molecule has 2 unspecified atom stereocenters. The Labute approximate surface area is 152 Å². The van der Waals surface area contributed by atoms with Crippen molar-refractivity contribution in [1.29, 1.82) is 0 Å². The Morgan fingerprint density at radius 1 is 1.08 bits per heavy atom. The molecular formula is C20H21ClN2O2. The van der Waals surface area contributed by atoms with Crippen molar-refractivity contribution in [2.75, 3.05) is 10.6 Å². The number of anilines is 2. The summed E-state index contributed by atoms with van der Waals surface area (Å²) in [5.41, 5.74) is 3.66. The molecule has 130 valence electrons. The van der Waals surface area contributed by atoms with Crippen LogP contribution in [-0.4, -0.2) is 11.8 Å². The van der Waals surface area contributed by atoms with Crippen LogP contribution in [0.25, 0.3) is 0 Å². The fourth-order valence-electron chi connectivity index (χ4n) is 2.99. The van der Waals surface area contributed by atoms with Crippen LogP contribution < -0.4 is 10.6 Å². The third kappa shape index (κ3) is 4.02. The van der Waals surface area contributed by atoms with E-state index >= 15 is 0 Å². The number of carbonyl (C=O) groups is 2. The van der Waals surface area contributed by atoms with E-state index < -0.39 is 0 Å². The molecule has 1 fully saturated rings. The van der Waals surface area contributed by atoms with Crippen LogP contribution in [0.2, 0.25) is 5.02 Å². The minimum absolute atomic E-state index is 0.0877. The monoisotopic (exact) mass is 356 g/mol. The zero-order valence-electron chi connectivity index (χ0n) is 14.3. The molecule has 1 saturated carbocycles. The summed E-state index contributed by atoms with van der Waals surface area (Å²) in [5, 5.41) is 6.40. The number of carbonyl (C=O) groups excluding carboxylic acids is 2. The van der Waals surface area contributed by atoms with Crippen LogP contribution in [0.4, 0.5) is 11.4 Å². The van der Waals surface area contributed by atoms with Crippen molar-refractivity contribution in [3.8, 4) is 0 Å². The van der Waals surface area contributed by atoms with E-state index in [2.05, 4.69) is 17.6 Å². The van der Waals surface area contributed by atoms with Gasteiger partial charge in [-0.15, -0.1) is 0 Å². The molecule has 2 atom stereocenters. The first-order chi connectivity index (χ1) is 12.0. The van der Waals surface area contributed by atoms with E-state index in [1.807, 2.05) is 25.1 Å². The van der Waals surface area contributed by atoms with E-state index in [1.54, 1.807) is 24.3 Å². The van der Waals surface area contributed by atoms with Crippen LogP contribution in [0.1, 0.15) is 24.5 Å². The maximum absolute atomic E-state index is 12.5. The third-order valence-electron chi connectivity index (χ3n) is 4.54. The largest absolute Gasteiger partial charge is 0.326 e. The van der Waals surface area contributed by atoms with Crippen molar-refractivity contribution in [2.45, 2.75) is 26.7 Å². The van der Waals surface area contributed by atoms with Crippen molar-refractivity contribution >= 4 is 34.8 Å². The summed E-state index contributed by atoms with van der Waals surface area (Å²) in [6.45, 7) is 4.04. The Morgan fingerprint density at radius 2 is 1.76 bits per heavy atom. The van der Waals surface area contributed by atoms with Gasteiger partial charge in [-0.3, -0.25) is 9.59 Å². The highest BCUT2D eigenvalue weighted by Gasteiger charge is 2.48. The molecule has 2 aromatic carbocycles. The van der Waals surface area contributed by atoms with Gasteiger partial charge in [0, 0.05) is 16.4 Å². The zero-order valence-corrected chi connectivity index (χ0v) is 15.1. The Hall–Kier alpha value is -2.33. The zero-order chi connectivity index (χ0) is 18.0. The Balaban J connectivity index is 1.62. The normalized spacial score (nSPS) is 18.5. The number of aryl methyl sites for hydroxylation is 2. The number of para-hydroxylation sites is 1. The number of hydrogen-bond acceptors (Lipinski definition) is 2. The van der Waals surface area contributed by atoms with E-state index in [0.717, 1.165) is 23.2 Å². The van der Waals surface area contributed by atoms with Crippen molar-refractivity contribution in [1.82, 2.24) is 0 Å². The summed E-state index contributed by atoms with van der Waals surface area (Å²) in [6.07, 6.45) is 1.42. The maximum atomic E-state index is 12.5. The van der Waals surface area contributed by atoms with E-state index in [4.69, 9.17) is 11.6 Å². The predicted molar refractivity (Wildman–Crippen MR) is 101 cm³/mol. The summed E-state index contributed by atoms with van der Waals surface area (Å²) in [5.74, 6) is -0.783. The molecule has 0 saturated heterocycles. The van der Waals surface area contributed by atoms with Gasteiger partial charge in [0.15, 0.2) is 0 Å². The van der Waals surface area contributed by atoms with Gasteiger partial charge in [0.25, 0.3) is 0 Å². The summed E-state index contributed by atoms with van der Waals surface area (Å²) in [7, 11) is 0. The van der Waals surface area contributed by atoms with E-state index in [-0.39, 0.29) is 23.7 Å². The number of amides is 2. The van der Waals surface area contributed by atoms with Crippen LogP contribution in [0.15, 0.2) is 42.5 Å². The quantitative estimate of drug-likeness (QED) is 0.832. The highest BCUT2D eigenvalue weighted by molar-refractivity contribution is 6.30. The van der Waals surface area contributed by atoms with E-state index in [0.29, 0.717) is 17.1 Å². The number of rotatable bonds is 5. The first kappa shape index (κ1) is 17.5. The smallest absolute Gasteiger partial charge is 0.228 e. The van der Waals surface area contributed by atoms with Gasteiger partial charge in [-0.25, -0.2) is 0 Å². The van der Waals surface area contributed by atoms with Gasteiger partial charge >= 0.3 is 0 Å². The standard InChI is InChI=1S/C20H21ClN2O2/c1-3-13-7-4-6-12(2)18(13)23-20(25)17-11-16(17)19(24)22-15-9-5-8-14(21)10-15/h4-10,16-17H,3,11H2,1-2H3,(H,22,24)(H,23,25). The molecule has 0 aromatic heterocycles. The van der Waals surface area contributed by atoms with Crippen molar-refractivity contribution in [2.24, 2.45) is 11.8 Å². The second-order valence-corrected chi connectivity index (χ2v) is 6.84. The van der Waals surface area contributed by atoms with Crippen LogP contribution in [-0.2, 0) is 16.0 Å². The average Bonchev–Trinajstić information content (AvgIpc) is 3.37. The van der Waals surface area contributed by atoms with Gasteiger partial charge in [-0.2, -0.15) is 0 Å². The fraction of sp³-hybridized carbons (Fsp3) is 0.300. The van der Waals surface area contributed by atoms with E-state index in [1.165, 1.54) is 0 Å². The molecule has 3 rings (SSSR count). The van der Waals surface area contributed by atoms with Gasteiger partial charge in [0.2, 0.25) is 11.8 Å². The van der Waals surface area contributed by atoms with Crippen LogP contribution in [0.3, 0.4) is 0 Å². The molecule has 25 heavy (non-hydrogen) atoms. The third-order valence-corrected chi connectivity index (χ3v) is 4.78. The lowest BCUT2D eigenvalue weighted by molar-refractivity contribution is -0.122. The van der Waals surface area contributed by atoms with Crippen LogP contribution in [0.5, 0.6) is 0 Å². The molecule has 0 spiro atoms. The SMILES string of the molecule is CCc1cccc(C)c1NC(=O)C1CC1C(=O)Nc1cccc(Cl)c1. The number of hydrogen-bond donors (Lipinski definition) is 2. The molecule has 0 aliphatic heterocycles. The molecule has 1 aliphatic rings. The average molecular weight is 357 g/mol. The topological polar surface area (TPSA) is 58.2 Å². The lowest BCUT2D eigenvalue weighted by Gasteiger charge is -2.13. The van der Waals surface area contributed by atoms with Gasteiger partial charge in [-0.05, 0) is 49.1 Å². The van der Waals surface area contributed by atoms with Crippen molar-refractivity contribution < 1.29 is 9.59 Å². The van der Waals surface area contributed by atoms with Gasteiger partial charge < -0.3 is 10.6 Å². The molecule has 5 heteroatoms. The Morgan fingerprint density at radius 3 is 2.44 bits per heavy atom. The lowest BCUT2D eigenvalue weighted by atomic mass is 10.1. The van der Waals surface area contributed by atoms with Gasteiger partial charge in [0.05, 0.1) is 11.8 Å². The van der Waals surface area contributed by atoms with Crippen LogP contribution in [0, 0.1) is 18.8 Å². The van der Waals surface area contributed by atoms with Crippen LogP contribution >= 0.6 is 11.6 Å². The van der Waals surface area contributed by atoms with Gasteiger partial charge in [-0.1, -0.05) is 42.8 Å². The number of halogens is 1. The molecular weight excluding hydrogens is 336 g/mol. The molecule has 4 nitrogen and oxygen atoms in total. The highest BCUT2D eigenvalue weighted by atomic mass is 35.5. The molecule has 0 heterocycles. The summed E-state index contributed by atoms with van der Waals surface area (Å²) >= 11 is 5.92. The fourth-order valence-corrected chi connectivity index (χ4v) is 3.18. The van der Waals surface area contributed by atoms with E-state index in [9.17, 15) is 9.59 Å². The second kappa shape index (κ2) is 7.28. The predicted octanol–water partition coefficient (Wildman–Crippen LogP) is 4.42. The molecule has 2 amide bonds. The molecule has 0 bridgehead atoms. The Kier molecular flexibility index (Phi) is 5.09. The molecule has 2 aromatic rings. The number of nitrogens with one attached hydrogen (secondary N) is 2. The second-order valence-electron chi connectivity index (χ2n) is 6.40. The maximum Gasteiger partial charge on any atom is 0.228 e. The minimum Gasteiger partial charge on any atom is -0.326 e. The summed E-state index contributed by atoms with van der Waals surface area (Å²) in [4.78, 5) is 24.8. The molecule has 0 radical (unpaired) electrons. The number of benzene rings is 2. The van der Waals surface area contributed by atoms with Crippen molar-refractivity contribution in [3.63, 3.8) is 0 Å². The first-order valence-corrected chi connectivity index (χ1v) is 8.83. The summed E-state index contributed by atoms with van der Waals surface area (Å²) in [6, 6.07) is 13.0. The van der Waals surface area contributed by atoms with Crippen molar-refractivity contribution in [3.05, 3.63) is 58.6 Å². The lowest BCUT2D eigenvalue weighted by Crippen LogP contribution is -2.21. The molecule has 1 aliphatic carbocycles. The minimum atomic E-state index is -0.284. The Bertz CT molecular complexity index is 819. The summed E-state index contributed by atoms with van der Waals surface area (Å²) < 4.78 is 0. The molecule has 2 N–H and O–H groups in total. The highest BCUT2D eigenvalue weighted by Crippen LogP contribution is 2.40.